The first-order valence-corrected chi connectivity index (χ1v) is 12.3. The van der Waals surface area contributed by atoms with Crippen LogP contribution in [-0.4, -0.2) is 81.6 Å². The van der Waals surface area contributed by atoms with Gasteiger partial charge in [0.25, 0.3) is 0 Å². The number of hydrogen-bond donors (Lipinski definition) is 1. The molecule has 2 amide bonds. The number of nitrogens with zero attached hydrogens (tertiary/aromatic N) is 2. The molecule has 1 saturated heterocycles. The van der Waals surface area contributed by atoms with Gasteiger partial charge in [0.1, 0.15) is 0 Å². The van der Waals surface area contributed by atoms with E-state index in [9.17, 15) is 27.6 Å². The second kappa shape index (κ2) is 11.9. The molecule has 0 aliphatic carbocycles. The zero-order valence-electron chi connectivity index (χ0n) is 19.2. The van der Waals surface area contributed by atoms with Crippen molar-refractivity contribution in [3.63, 3.8) is 0 Å². The molecule has 2 rings (SSSR count). The van der Waals surface area contributed by atoms with Crippen molar-refractivity contribution in [1.29, 1.82) is 0 Å². The van der Waals surface area contributed by atoms with Crippen molar-refractivity contribution < 1.29 is 32.3 Å². The molecule has 0 spiro atoms. The summed E-state index contributed by atoms with van der Waals surface area (Å²) in [5, 5.41) is 0. The third-order valence-corrected chi connectivity index (χ3v) is 6.94. The quantitative estimate of drug-likeness (QED) is 0.387. The summed E-state index contributed by atoms with van der Waals surface area (Å²) < 4.78 is 32.1. The van der Waals surface area contributed by atoms with Crippen LogP contribution in [0.15, 0.2) is 29.2 Å². The van der Waals surface area contributed by atoms with E-state index in [0.29, 0.717) is 38.1 Å². The lowest BCUT2D eigenvalue weighted by atomic mass is 9.97. The number of amides is 2. The SMILES string of the molecule is CCOC(=O)C1CCN(C(=O)CN(C)C(=O)CCNS(=O)(=O)c2ccc(C(C)=O)cc2)CC1. The van der Waals surface area contributed by atoms with Crippen LogP contribution in [0.25, 0.3) is 0 Å². The lowest BCUT2D eigenvalue weighted by Crippen LogP contribution is -2.46. The van der Waals surface area contributed by atoms with E-state index in [1.54, 1.807) is 11.8 Å². The van der Waals surface area contributed by atoms with Crippen LogP contribution < -0.4 is 4.72 Å². The second-order valence-electron chi connectivity index (χ2n) is 7.89. The van der Waals surface area contributed by atoms with E-state index in [2.05, 4.69) is 4.72 Å². The summed E-state index contributed by atoms with van der Waals surface area (Å²) in [6.45, 7) is 4.06. The Morgan fingerprint density at radius 1 is 1.12 bits per heavy atom. The van der Waals surface area contributed by atoms with E-state index in [1.807, 2.05) is 0 Å². The normalized spacial score (nSPS) is 14.6. The average molecular weight is 482 g/mol. The molecule has 1 aliphatic rings. The van der Waals surface area contributed by atoms with Gasteiger partial charge in [0, 0.05) is 38.7 Å². The van der Waals surface area contributed by atoms with Crippen molar-refractivity contribution in [2.24, 2.45) is 5.92 Å². The summed E-state index contributed by atoms with van der Waals surface area (Å²) in [5.41, 5.74) is 0.403. The van der Waals surface area contributed by atoms with Crippen molar-refractivity contribution >= 4 is 33.6 Å². The molecule has 1 aliphatic heterocycles. The van der Waals surface area contributed by atoms with Crippen molar-refractivity contribution in [3.05, 3.63) is 29.8 Å². The predicted molar refractivity (Wildman–Crippen MR) is 120 cm³/mol. The maximum Gasteiger partial charge on any atom is 0.309 e. The van der Waals surface area contributed by atoms with E-state index in [1.165, 1.54) is 43.1 Å². The maximum atomic E-state index is 12.5. The third-order valence-electron chi connectivity index (χ3n) is 5.47. The van der Waals surface area contributed by atoms with Crippen molar-refractivity contribution in [3.8, 4) is 0 Å². The van der Waals surface area contributed by atoms with Gasteiger partial charge in [-0.3, -0.25) is 19.2 Å². The van der Waals surface area contributed by atoms with E-state index in [0.717, 1.165) is 0 Å². The molecule has 0 saturated carbocycles. The van der Waals surface area contributed by atoms with Gasteiger partial charge in [-0.25, -0.2) is 13.1 Å². The number of esters is 1. The summed E-state index contributed by atoms with van der Waals surface area (Å²) >= 11 is 0. The van der Waals surface area contributed by atoms with Gasteiger partial charge in [-0.1, -0.05) is 12.1 Å². The molecule has 11 heteroatoms. The van der Waals surface area contributed by atoms with Gasteiger partial charge < -0.3 is 14.5 Å². The highest BCUT2D eigenvalue weighted by atomic mass is 32.2. The Hall–Kier alpha value is -2.79. The van der Waals surface area contributed by atoms with Gasteiger partial charge in [-0.05, 0) is 38.8 Å². The Bertz CT molecular complexity index is 968. The van der Waals surface area contributed by atoms with Crippen LogP contribution in [0.4, 0.5) is 0 Å². The van der Waals surface area contributed by atoms with Gasteiger partial charge in [-0.2, -0.15) is 0 Å². The van der Waals surface area contributed by atoms with Crippen LogP contribution in [0.3, 0.4) is 0 Å². The molecular weight excluding hydrogens is 450 g/mol. The van der Waals surface area contributed by atoms with Crippen LogP contribution >= 0.6 is 0 Å². The number of ketones is 1. The molecule has 10 nitrogen and oxygen atoms in total. The number of hydrogen-bond acceptors (Lipinski definition) is 7. The number of likely N-dealkylation sites (tertiary alicyclic amines) is 1. The van der Waals surface area contributed by atoms with E-state index in [4.69, 9.17) is 4.74 Å². The topological polar surface area (TPSA) is 130 Å². The molecular formula is C22H31N3O7S. The predicted octanol–water partition coefficient (Wildman–Crippen LogP) is 0.818. The van der Waals surface area contributed by atoms with Gasteiger partial charge in [0.2, 0.25) is 21.8 Å². The summed E-state index contributed by atoms with van der Waals surface area (Å²) in [7, 11) is -2.34. The van der Waals surface area contributed by atoms with Crippen molar-refractivity contribution in [2.75, 3.05) is 39.8 Å². The number of sulfonamides is 1. The minimum absolute atomic E-state index is 0.00491. The van der Waals surface area contributed by atoms with E-state index >= 15 is 0 Å². The third kappa shape index (κ3) is 7.64. The number of Topliss-reactive ketones (excluding diaryl/α,β-unsaturated/α-hetero) is 1. The molecule has 0 unspecified atom stereocenters. The lowest BCUT2D eigenvalue weighted by molar-refractivity contribution is -0.151. The fourth-order valence-corrected chi connectivity index (χ4v) is 4.48. The molecule has 1 fully saturated rings. The van der Waals surface area contributed by atoms with Crippen molar-refractivity contribution in [1.82, 2.24) is 14.5 Å². The highest BCUT2D eigenvalue weighted by Gasteiger charge is 2.29. The standard InChI is InChI=1S/C22H31N3O7S/c1-4-32-22(29)18-10-13-25(14-11-18)21(28)15-24(3)20(27)9-12-23-33(30,31)19-7-5-17(6-8-19)16(2)26/h5-8,18,23H,4,9-15H2,1-3H3. The van der Waals surface area contributed by atoms with Gasteiger partial charge in [0.05, 0.1) is 24.0 Å². The molecule has 33 heavy (non-hydrogen) atoms. The fraction of sp³-hybridized carbons (Fsp3) is 0.545. The Labute approximate surface area is 194 Å². The number of carbonyl (C=O) groups is 4. The van der Waals surface area contributed by atoms with Gasteiger partial charge in [0.15, 0.2) is 5.78 Å². The number of piperidine rings is 1. The van der Waals surface area contributed by atoms with Crippen LogP contribution in [-0.2, 0) is 29.1 Å². The number of carbonyl (C=O) groups excluding carboxylic acids is 4. The van der Waals surface area contributed by atoms with Crippen molar-refractivity contribution in [2.45, 2.75) is 38.0 Å². The monoisotopic (exact) mass is 481 g/mol. The molecule has 1 aromatic carbocycles. The number of rotatable bonds is 10. The Balaban J connectivity index is 1.77. The minimum atomic E-state index is -3.83. The first kappa shape index (κ1) is 26.5. The fourth-order valence-electron chi connectivity index (χ4n) is 3.45. The molecule has 0 aromatic heterocycles. The van der Waals surface area contributed by atoms with E-state index in [-0.39, 0.29) is 53.9 Å². The Kier molecular flexibility index (Phi) is 9.54. The van der Waals surface area contributed by atoms with Crippen LogP contribution in [0, 0.1) is 5.92 Å². The smallest absolute Gasteiger partial charge is 0.309 e. The highest BCUT2D eigenvalue weighted by Crippen LogP contribution is 2.19. The Morgan fingerprint density at radius 3 is 2.27 bits per heavy atom. The Morgan fingerprint density at radius 2 is 1.73 bits per heavy atom. The maximum absolute atomic E-state index is 12.5. The van der Waals surface area contributed by atoms with Crippen LogP contribution in [0.2, 0.25) is 0 Å². The average Bonchev–Trinajstić information content (AvgIpc) is 2.79. The summed E-state index contributed by atoms with van der Waals surface area (Å²) in [5.74, 6) is -1.22. The second-order valence-corrected chi connectivity index (χ2v) is 9.65. The molecule has 182 valence electrons. The number of benzene rings is 1. The molecule has 1 aromatic rings. The summed E-state index contributed by atoms with van der Waals surface area (Å²) in [6.07, 6.45) is 0.939. The molecule has 0 atom stereocenters. The number of likely N-dealkylation sites (N-methyl/N-ethyl adjacent to an activating group) is 1. The number of ether oxygens (including phenoxy) is 1. The summed E-state index contributed by atoms with van der Waals surface area (Å²) in [6, 6.07) is 5.52. The molecule has 1 N–H and O–H groups in total. The molecule has 0 radical (unpaired) electrons. The lowest BCUT2D eigenvalue weighted by Gasteiger charge is -2.32. The first-order valence-electron chi connectivity index (χ1n) is 10.8. The minimum Gasteiger partial charge on any atom is -0.466 e. The molecule has 1 heterocycles. The first-order chi connectivity index (χ1) is 15.5. The van der Waals surface area contributed by atoms with Gasteiger partial charge in [-0.15, -0.1) is 0 Å². The zero-order valence-corrected chi connectivity index (χ0v) is 20.0. The van der Waals surface area contributed by atoms with Crippen LogP contribution in [0.1, 0.15) is 43.5 Å². The van der Waals surface area contributed by atoms with Crippen LogP contribution in [0.5, 0.6) is 0 Å². The largest absolute Gasteiger partial charge is 0.466 e. The van der Waals surface area contributed by atoms with E-state index < -0.39 is 10.0 Å². The summed E-state index contributed by atoms with van der Waals surface area (Å²) in [4.78, 5) is 50.8. The number of nitrogens with one attached hydrogen (secondary N) is 1. The zero-order chi connectivity index (χ0) is 24.6. The molecule has 0 bridgehead atoms. The van der Waals surface area contributed by atoms with Gasteiger partial charge >= 0.3 is 5.97 Å². The highest BCUT2D eigenvalue weighted by molar-refractivity contribution is 7.89.